The first-order chi connectivity index (χ1) is 15.7. The molecule has 0 aliphatic heterocycles. The maximum absolute atomic E-state index is 12.5. The highest BCUT2D eigenvalue weighted by Gasteiger charge is 2.16. The lowest BCUT2D eigenvalue weighted by Gasteiger charge is -2.11. The maximum atomic E-state index is 12.5. The van der Waals surface area contributed by atoms with Crippen LogP contribution in [0.1, 0.15) is 12.5 Å². The largest absolute Gasteiger partial charge is 0.482 e. The van der Waals surface area contributed by atoms with Crippen molar-refractivity contribution in [2.45, 2.75) is 18.4 Å². The van der Waals surface area contributed by atoms with Gasteiger partial charge < -0.3 is 15.4 Å². The van der Waals surface area contributed by atoms with E-state index in [0.29, 0.717) is 11.4 Å². The summed E-state index contributed by atoms with van der Waals surface area (Å²) in [5, 5.41) is 5.35. The minimum Gasteiger partial charge on any atom is -0.482 e. The van der Waals surface area contributed by atoms with Crippen LogP contribution in [-0.2, 0) is 26.2 Å². The Labute approximate surface area is 197 Å². The summed E-state index contributed by atoms with van der Waals surface area (Å²) in [6.45, 7) is 1.22. The summed E-state index contributed by atoms with van der Waals surface area (Å²) in [4.78, 5) is 23.2. The first-order valence-electron chi connectivity index (χ1n) is 9.86. The van der Waals surface area contributed by atoms with Gasteiger partial charge in [-0.1, -0.05) is 41.9 Å². The second-order valence-corrected chi connectivity index (χ2v) is 9.17. The molecule has 0 aliphatic rings. The van der Waals surface area contributed by atoms with Crippen molar-refractivity contribution in [1.82, 2.24) is 4.72 Å². The molecule has 3 N–H and O–H groups in total. The molecule has 0 atom stereocenters. The molecule has 8 nitrogen and oxygen atoms in total. The van der Waals surface area contributed by atoms with Gasteiger partial charge in [-0.05, 0) is 48.0 Å². The average Bonchev–Trinajstić information content (AvgIpc) is 2.78. The molecule has 0 spiro atoms. The topological polar surface area (TPSA) is 114 Å². The van der Waals surface area contributed by atoms with Crippen LogP contribution in [0.15, 0.2) is 77.7 Å². The van der Waals surface area contributed by atoms with E-state index in [1.165, 1.54) is 25.1 Å². The standard InChI is InChI=1S/C23H22ClN3O5S/c1-16(28)26-18-7-9-19(10-8-18)27-23(29)15-32-22-12-11-20(13-21(22)24)33(30,31)25-14-17-5-3-2-4-6-17/h2-13,25H,14-15H2,1H3,(H,26,28)(H,27,29). The summed E-state index contributed by atoms with van der Waals surface area (Å²) in [5.41, 5.74) is 1.95. The third-order valence-electron chi connectivity index (χ3n) is 4.37. The van der Waals surface area contributed by atoms with E-state index >= 15 is 0 Å². The van der Waals surface area contributed by atoms with Crippen molar-refractivity contribution >= 4 is 44.8 Å². The fraction of sp³-hybridized carbons (Fsp3) is 0.130. The average molecular weight is 488 g/mol. The van der Waals surface area contributed by atoms with Crippen LogP contribution in [0, 0.1) is 0 Å². The van der Waals surface area contributed by atoms with E-state index in [0.717, 1.165) is 5.56 Å². The van der Waals surface area contributed by atoms with E-state index in [4.69, 9.17) is 16.3 Å². The number of amides is 2. The third kappa shape index (κ3) is 7.31. The van der Waals surface area contributed by atoms with Gasteiger partial charge in [0.2, 0.25) is 15.9 Å². The molecule has 0 aromatic heterocycles. The Hall–Kier alpha value is -3.40. The van der Waals surface area contributed by atoms with E-state index in [2.05, 4.69) is 15.4 Å². The Morgan fingerprint density at radius 1 is 0.909 bits per heavy atom. The van der Waals surface area contributed by atoms with Crippen molar-refractivity contribution in [3.8, 4) is 5.75 Å². The summed E-state index contributed by atoms with van der Waals surface area (Å²) < 4.78 is 33.0. The normalized spacial score (nSPS) is 11.0. The zero-order chi connectivity index (χ0) is 23.8. The highest BCUT2D eigenvalue weighted by atomic mass is 35.5. The van der Waals surface area contributed by atoms with Crippen LogP contribution in [0.4, 0.5) is 11.4 Å². The van der Waals surface area contributed by atoms with Crippen molar-refractivity contribution < 1.29 is 22.7 Å². The maximum Gasteiger partial charge on any atom is 0.262 e. The molecule has 0 radical (unpaired) electrons. The molecule has 0 fully saturated rings. The highest BCUT2D eigenvalue weighted by molar-refractivity contribution is 7.89. The van der Waals surface area contributed by atoms with Crippen LogP contribution < -0.4 is 20.1 Å². The second kappa shape index (κ2) is 11.0. The lowest BCUT2D eigenvalue weighted by molar-refractivity contribution is -0.118. The van der Waals surface area contributed by atoms with Crippen molar-refractivity contribution in [2.24, 2.45) is 0 Å². The molecule has 0 saturated carbocycles. The molecule has 3 aromatic carbocycles. The molecule has 0 aliphatic carbocycles. The quantitative estimate of drug-likeness (QED) is 0.425. The van der Waals surface area contributed by atoms with Gasteiger partial charge in [0, 0.05) is 24.8 Å². The van der Waals surface area contributed by atoms with E-state index in [1.807, 2.05) is 30.3 Å². The molecule has 33 heavy (non-hydrogen) atoms. The fourth-order valence-electron chi connectivity index (χ4n) is 2.80. The number of nitrogens with one attached hydrogen (secondary N) is 3. The monoisotopic (exact) mass is 487 g/mol. The van der Waals surface area contributed by atoms with Gasteiger partial charge in [0.25, 0.3) is 5.91 Å². The van der Waals surface area contributed by atoms with Gasteiger partial charge in [-0.3, -0.25) is 9.59 Å². The number of rotatable bonds is 9. The molecule has 0 bridgehead atoms. The Morgan fingerprint density at radius 3 is 2.15 bits per heavy atom. The SMILES string of the molecule is CC(=O)Nc1ccc(NC(=O)COc2ccc(S(=O)(=O)NCc3ccccc3)cc2Cl)cc1. The Morgan fingerprint density at radius 2 is 1.55 bits per heavy atom. The van der Waals surface area contributed by atoms with Gasteiger partial charge >= 0.3 is 0 Å². The van der Waals surface area contributed by atoms with Crippen molar-refractivity contribution in [2.75, 3.05) is 17.2 Å². The van der Waals surface area contributed by atoms with Gasteiger partial charge in [-0.2, -0.15) is 0 Å². The molecule has 3 aromatic rings. The molecule has 0 heterocycles. The molecule has 10 heteroatoms. The van der Waals surface area contributed by atoms with E-state index in [1.54, 1.807) is 24.3 Å². The zero-order valence-corrected chi connectivity index (χ0v) is 19.2. The molecule has 2 amide bonds. The van der Waals surface area contributed by atoms with Crippen LogP contribution >= 0.6 is 11.6 Å². The minimum atomic E-state index is -3.78. The van der Waals surface area contributed by atoms with Crippen LogP contribution in [0.2, 0.25) is 5.02 Å². The molecule has 3 rings (SSSR count). The number of anilines is 2. The number of sulfonamides is 1. The van der Waals surface area contributed by atoms with Crippen LogP contribution in [0.3, 0.4) is 0 Å². The number of carbonyl (C=O) groups excluding carboxylic acids is 2. The van der Waals surface area contributed by atoms with Crippen molar-refractivity contribution in [3.63, 3.8) is 0 Å². The molecule has 0 saturated heterocycles. The zero-order valence-electron chi connectivity index (χ0n) is 17.7. The van der Waals surface area contributed by atoms with Gasteiger partial charge in [-0.25, -0.2) is 13.1 Å². The fourth-order valence-corrected chi connectivity index (χ4v) is 4.15. The molecule has 0 unspecified atom stereocenters. The van der Waals surface area contributed by atoms with Gasteiger partial charge in [-0.15, -0.1) is 0 Å². The number of halogens is 1. The Kier molecular flexibility index (Phi) is 8.05. The van der Waals surface area contributed by atoms with Gasteiger partial charge in [0.1, 0.15) is 5.75 Å². The molecular weight excluding hydrogens is 466 g/mol. The first-order valence-corrected chi connectivity index (χ1v) is 11.7. The number of benzene rings is 3. The summed E-state index contributed by atoms with van der Waals surface area (Å²) in [6.07, 6.45) is 0. The van der Waals surface area contributed by atoms with Crippen LogP contribution in [0.5, 0.6) is 5.75 Å². The number of hydrogen-bond acceptors (Lipinski definition) is 5. The molecular formula is C23H22ClN3O5S. The lowest BCUT2D eigenvalue weighted by Crippen LogP contribution is -2.23. The third-order valence-corrected chi connectivity index (χ3v) is 6.06. The van der Waals surface area contributed by atoms with Crippen molar-refractivity contribution in [1.29, 1.82) is 0 Å². The van der Waals surface area contributed by atoms with E-state index in [9.17, 15) is 18.0 Å². The summed E-state index contributed by atoms with van der Waals surface area (Å²) >= 11 is 6.17. The summed E-state index contributed by atoms with van der Waals surface area (Å²) in [6, 6.07) is 19.7. The highest BCUT2D eigenvalue weighted by Crippen LogP contribution is 2.27. The number of carbonyl (C=O) groups is 2. The predicted octanol–water partition coefficient (Wildman–Crippen LogP) is 3.79. The van der Waals surface area contributed by atoms with Crippen molar-refractivity contribution in [3.05, 3.63) is 83.4 Å². The Bertz CT molecular complexity index is 1230. The minimum absolute atomic E-state index is 0.0144. The second-order valence-electron chi connectivity index (χ2n) is 7.00. The van der Waals surface area contributed by atoms with E-state index in [-0.39, 0.29) is 34.7 Å². The van der Waals surface area contributed by atoms with Crippen LogP contribution in [-0.4, -0.2) is 26.8 Å². The lowest BCUT2D eigenvalue weighted by atomic mass is 10.2. The van der Waals surface area contributed by atoms with Gasteiger partial charge in [0.05, 0.1) is 9.92 Å². The first kappa shape index (κ1) is 24.2. The Balaban J connectivity index is 1.55. The van der Waals surface area contributed by atoms with Gasteiger partial charge in [0.15, 0.2) is 6.61 Å². The molecule has 172 valence electrons. The number of ether oxygens (including phenoxy) is 1. The predicted molar refractivity (Wildman–Crippen MR) is 127 cm³/mol. The van der Waals surface area contributed by atoms with Crippen LogP contribution in [0.25, 0.3) is 0 Å². The van der Waals surface area contributed by atoms with E-state index < -0.39 is 15.9 Å². The summed E-state index contributed by atoms with van der Waals surface area (Å²) in [7, 11) is -3.78. The smallest absolute Gasteiger partial charge is 0.262 e. The summed E-state index contributed by atoms with van der Waals surface area (Å²) in [5.74, 6) is -0.447. The number of hydrogen-bond donors (Lipinski definition) is 3.